The third-order valence-corrected chi connectivity index (χ3v) is 4.70. The third kappa shape index (κ3) is 4.31. The van der Waals surface area contributed by atoms with Crippen molar-refractivity contribution in [1.29, 1.82) is 0 Å². The summed E-state index contributed by atoms with van der Waals surface area (Å²) in [4.78, 5) is 1.13. The van der Waals surface area contributed by atoms with Gasteiger partial charge in [-0.25, -0.2) is 13.1 Å². The molecule has 0 aliphatic carbocycles. The molecule has 0 aliphatic heterocycles. The Morgan fingerprint density at radius 2 is 1.94 bits per heavy atom. The Morgan fingerprint density at radius 3 is 2.59 bits per heavy atom. The second-order valence-corrected chi connectivity index (χ2v) is 6.09. The van der Waals surface area contributed by atoms with Gasteiger partial charge in [-0.05, 0) is 38.4 Å². The monoisotopic (exact) mass is 274 g/mol. The average molecular weight is 274 g/mol. The molecule has 0 unspecified atom stereocenters. The highest BCUT2D eigenvalue weighted by Gasteiger charge is 2.16. The number of nitrogens with one attached hydrogen (secondary N) is 2. The molecule has 4 nitrogen and oxygen atoms in total. The molecule has 0 amide bonds. The first-order chi connectivity index (χ1) is 8.11. The van der Waals surface area contributed by atoms with Gasteiger partial charge >= 0.3 is 0 Å². The van der Waals surface area contributed by atoms with Gasteiger partial charge < -0.3 is 5.32 Å². The van der Waals surface area contributed by atoms with E-state index in [0.29, 0.717) is 11.4 Å². The molecule has 0 heterocycles. The standard InChI is InChI=1S/C11H18N2O2S2/c1-12-8-5-9-13-17(14,15)11-7-4-3-6-10(11)16-2/h3-4,6-7,12-13H,5,8-9H2,1-2H3. The largest absolute Gasteiger partial charge is 0.320 e. The van der Waals surface area contributed by atoms with Crippen LogP contribution >= 0.6 is 11.8 Å². The van der Waals surface area contributed by atoms with Gasteiger partial charge in [-0.15, -0.1) is 11.8 Å². The van der Waals surface area contributed by atoms with Crippen molar-refractivity contribution in [1.82, 2.24) is 10.0 Å². The summed E-state index contributed by atoms with van der Waals surface area (Å²) in [5.74, 6) is 0. The van der Waals surface area contributed by atoms with Crippen molar-refractivity contribution in [2.45, 2.75) is 16.2 Å². The maximum absolute atomic E-state index is 12.0. The molecule has 1 aromatic carbocycles. The molecule has 17 heavy (non-hydrogen) atoms. The lowest BCUT2D eigenvalue weighted by Gasteiger charge is -2.09. The summed E-state index contributed by atoms with van der Waals surface area (Å²) >= 11 is 1.43. The van der Waals surface area contributed by atoms with Crippen LogP contribution in [0.5, 0.6) is 0 Å². The minimum atomic E-state index is -3.38. The molecule has 96 valence electrons. The first kappa shape index (κ1) is 14.5. The van der Waals surface area contributed by atoms with Gasteiger partial charge in [0.05, 0.1) is 4.90 Å². The number of hydrogen-bond donors (Lipinski definition) is 2. The van der Waals surface area contributed by atoms with Gasteiger partial charge in [-0.3, -0.25) is 0 Å². The van der Waals surface area contributed by atoms with Crippen LogP contribution in [0.2, 0.25) is 0 Å². The van der Waals surface area contributed by atoms with E-state index in [-0.39, 0.29) is 0 Å². The van der Waals surface area contributed by atoms with Crippen LogP contribution in [0.15, 0.2) is 34.1 Å². The normalized spacial score (nSPS) is 11.6. The molecule has 0 saturated heterocycles. The maximum atomic E-state index is 12.0. The molecule has 0 radical (unpaired) electrons. The van der Waals surface area contributed by atoms with Crippen molar-refractivity contribution in [2.75, 3.05) is 26.4 Å². The number of sulfonamides is 1. The number of thioether (sulfide) groups is 1. The molecule has 6 heteroatoms. The topological polar surface area (TPSA) is 58.2 Å². The van der Waals surface area contributed by atoms with Crippen molar-refractivity contribution >= 4 is 21.8 Å². The lowest BCUT2D eigenvalue weighted by atomic mass is 10.4. The fourth-order valence-corrected chi connectivity index (χ4v) is 3.61. The van der Waals surface area contributed by atoms with Crippen LogP contribution < -0.4 is 10.0 Å². The molecule has 1 aromatic rings. The zero-order chi connectivity index (χ0) is 12.7. The highest BCUT2D eigenvalue weighted by Crippen LogP contribution is 2.23. The van der Waals surface area contributed by atoms with E-state index in [1.54, 1.807) is 12.1 Å². The molecule has 0 saturated carbocycles. The highest BCUT2D eigenvalue weighted by molar-refractivity contribution is 7.99. The fraction of sp³-hybridized carbons (Fsp3) is 0.455. The second kappa shape index (κ2) is 7.00. The number of rotatable bonds is 7. The minimum Gasteiger partial charge on any atom is -0.320 e. The zero-order valence-electron chi connectivity index (χ0n) is 10.1. The second-order valence-electron chi connectivity index (χ2n) is 3.51. The molecular formula is C11H18N2O2S2. The lowest BCUT2D eigenvalue weighted by Crippen LogP contribution is -2.27. The Hall–Kier alpha value is -0.560. The summed E-state index contributed by atoms with van der Waals surface area (Å²) in [6, 6.07) is 7.02. The molecule has 0 bridgehead atoms. The average Bonchev–Trinajstić information content (AvgIpc) is 2.34. The minimum absolute atomic E-state index is 0.358. The van der Waals surface area contributed by atoms with E-state index in [1.807, 2.05) is 25.4 Å². The van der Waals surface area contributed by atoms with Gasteiger partial charge in [0.2, 0.25) is 10.0 Å². The maximum Gasteiger partial charge on any atom is 0.241 e. The van der Waals surface area contributed by atoms with Crippen molar-refractivity contribution in [2.24, 2.45) is 0 Å². The zero-order valence-corrected chi connectivity index (χ0v) is 11.7. The van der Waals surface area contributed by atoms with Gasteiger partial charge in [0.1, 0.15) is 0 Å². The lowest BCUT2D eigenvalue weighted by molar-refractivity contribution is 0.575. The van der Waals surface area contributed by atoms with Crippen molar-refractivity contribution in [3.05, 3.63) is 24.3 Å². The van der Waals surface area contributed by atoms with Gasteiger partial charge in [-0.2, -0.15) is 0 Å². The van der Waals surface area contributed by atoms with Crippen LogP contribution in [0.25, 0.3) is 0 Å². The Bertz CT molecular complexity index is 447. The molecule has 0 fully saturated rings. The molecule has 0 aromatic heterocycles. The molecule has 0 aliphatic rings. The summed E-state index contributed by atoms with van der Waals surface area (Å²) < 4.78 is 26.7. The summed E-state index contributed by atoms with van der Waals surface area (Å²) in [7, 11) is -1.54. The molecule has 2 N–H and O–H groups in total. The molecular weight excluding hydrogens is 256 g/mol. The van der Waals surface area contributed by atoms with Gasteiger partial charge in [-0.1, -0.05) is 12.1 Å². The quantitative estimate of drug-likeness (QED) is 0.581. The third-order valence-electron chi connectivity index (χ3n) is 2.25. The summed E-state index contributed by atoms with van der Waals surface area (Å²) in [5, 5.41) is 2.98. The van der Waals surface area contributed by atoms with Crippen molar-refractivity contribution in [3.63, 3.8) is 0 Å². The SMILES string of the molecule is CNCCCNS(=O)(=O)c1ccccc1SC. The van der Waals surface area contributed by atoms with Crippen LogP contribution in [-0.2, 0) is 10.0 Å². The smallest absolute Gasteiger partial charge is 0.241 e. The van der Waals surface area contributed by atoms with E-state index in [1.165, 1.54) is 11.8 Å². The predicted octanol–water partition coefficient (Wildman–Crippen LogP) is 1.30. The van der Waals surface area contributed by atoms with E-state index >= 15 is 0 Å². The van der Waals surface area contributed by atoms with E-state index < -0.39 is 10.0 Å². The molecule has 0 atom stereocenters. The van der Waals surface area contributed by atoms with Crippen molar-refractivity contribution < 1.29 is 8.42 Å². The Morgan fingerprint density at radius 1 is 1.24 bits per heavy atom. The van der Waals surface area contributed by atoms with Gasteiger partial charge in [0.15, 0.2) is 0 Å². The van der Waals surface area contributed by atoms with Crippen LogP contribution in [0.4, 0.5) is 0 Å². The van der Waals surface area contributed by atoms with E-state index in [2.05, 4.69) is 10.0 Å². The van der Waals surface area contributed by atoms with Gasteiger partial charge in [0.25, 0.3) is 0 Å². The predicted molar refractivity (Wildman–Crippen MR) is 72.0 cm³/mol. The van der Waals surface area contributed by atoms with Crippen LogP contribution in [0.3, 0.4) is 0 Å². The van der Waals surface area contributed by atoms with Crippen LogP contribution in [0.1, 0.15) is 6.42 Å². The van der Waals surface area contributed by atoms with Crippen molar-refractivity contribution in [3.8, 4) is 0 Å². The fourth-order valence-electron chi connectivity index (χ4n) is 1.39. The summed E-state index contributed by atoms with van der Waals surface area (Å²) in [6.45, 7) is 1.25. The number of hydrogen-bond acceptors (Lipinski definition) is 4. The first-order valence-electron chi connectivity index (χ1n) is 5.39. The first-order valence-corrected chi connectivity index (χ1v) is 8.10. The van der Waals surface area contributed by atoms with E-state index in [9.17, 15) is 8.42 Å². The van der Waals surface area contributed by atoms with Gasteiger partial charge in [0, 0.05) is 11.4 Å². The van der Waals surface area contributed by atoms with E-state index in [0.717, 1.165) is 17.9 Å². The van der Waals surface area contributed by atoms with Crippen LogP contribution in [0, 0.1) is 0 Å². The summed E-state index contributed by atoms with van der Waals surface area (Å²) in [5.41, 5.74) is 0. The van der Waals surface area contributed by atoms with Crippen LogP contribution in [-0.4, -0.2) is 34.8 Å². The Balaban J connectivity index is 2.75. The Labute approximate surface area is 107 Å². The number of benzene rings is 1. The molecule has 0 spiro atoms. The summed E-state index contributed by atoms with van der Waals surface area (Å²) in [6.07, 6.45) is 2.65. The molecule has 1 rings (SSSR count). The highest BCUT2D eigenvalue weighted by atomic mass is 32.2. The Kier molecular flexibility index (Phi) is 5.97. The van der Waals surface area contributed by atoms with E-state index in [4.69, 9.17) is 0 Å².